The minimum atomic E-state index is -0.720. The highest BCUT2D eigenvalue weighted by Crippen LogP contribution is 2.27. The Morgan fingerprint density at radius 2 is 1.76 bits per heavy atom. The van der Waals surface area contributed by atoms with E-state index in [4.69, 9.17) is 14.7 Å². The van der Waals surface area contributed by atoms with Crippen LogP contribution in [0.4, 0.5) is 13.2 Å². The van der Waals surface area contributed by atoms with E-state index >= 15 is 8.78 Å². The normalized spacial score (nSPS) is 14.5. The van der Waals surface area contributed by atoms with Crippen LogP contribution < -0.4 is 10.3 Å². The second-order valence-electron chi connectivity index (χ2n) is 9.73. The topological polar surface area (TPSA) is 82.1 Å². The van der Waals surface area contributed by atoms with Crippen LogP contribution in [-0.2, 0) is 24.4 Å². The predicted molar refractivity (Wildman–Crippen MR) is 145 cm³/mol. The highest BCUT2D eigenvalue weighted by molar-refractivity contribution is 5.78. The van der Waals surface area contributed by atoms with Crippen molar-refractivity contribution in [3.8, 4) is 23.2 Å². The lowest BCUT2D eigenvalue weighted by Crippen LogP contribution is -2.35. The molecular weight excluding hydrogens is 533 g/mol. The van der Waals surface area contributed by atoms with Crippen LogP contribution in [0.1, 0.15) is 23.1 Å². The molecule has 1 aliphatic rings. The minimum Gasteiger partial charge on any atom is -0.473 e. The quantitative estimate of drug-likeness (QED) is 0.250. The number of fused-ring (bicyclic) bond motifs is 1. The van der Waals surface area contributed by atoms with Gasteiger partial charge in [0.25, 0.3) is 5.56 Å². The first kappa shape index (κ1) is 26.3. The fourth-order valence-corrected chi connectivity index (χ4v) is 4.83. The van der Waals surface area contributed by atoms with Crippen molar-refractivity contribution in [3.05, 3.63) is 117 Å². The zero-order valence-electron chi connectivity index (χ0n) is 21.7. The molecule has 206 valence electrons. The molecule has 3 aromatic carbocycles. The highest BCUT2D eigenvalue weighted by Gasteiger charge is 2.23. The second-order valence-corrected chi connectivity index (χ2v) is 9.73. The Balaban J connectivity index is 1.26. The van der Waals surface area contributed by atoms with E-state index in [1.165, 1.54) is 28.9 Å². The Labute approximate surface area is 232 Å². The van der Waals surface area contributed by atoms with Gasteiger partial charge < -0.3 is 9.47 Å². The van der Waals surface area contributed by atoms with Crippen molar-refractivity contribution in [2.24, 2.45) is 0 Å². The number of aromatic nitrogens is 3. The summed E-state index contributed by atoms with van der Waals surface area (Å²) in [6.45, 7) is 0.741. The largest absolute Gasteiger partial charge is 0.473 e. The summed E-state index contributed by atoms with van der Waals surface area (Å²) in [7, 11) is 0. The van der Waals surface area contributed by atoms with Gasteiger partial charge in [-0.3, -0.25) is 9.48 Å². The van der Waals surface area contributed by atoms with E-state index in [9.17, 15) is 9.18 Å². The van der Waals surface area contributed by atoms with E-state index in [1.807, 2.05) is 18.2 Å². The van der Waals surface area contributed by atoms with Crippen LogP contribution in [0, 0.1) is 28.8 Å². The smallest absolute Gasteiger partial charge is 0.274 e. The Bertz CT molecular complexity index is 1870. The zero-order valence-corrected chi connectivity index (χ0v) is 21.7. The van der Waals surface area contributed by atoms with Crippen molar-refractivity contribution in [1.29, 1.82) is 5.26 Å². The molecule has 0 radical (unpaired) electrons. The SMILES string of the molecule is N#Cc1ccc(COc2cccc(-c3cc(F)c(Cn4c(=O)c5ccccc5n4C[C@H]4CCO4)cc3F)n2)c(F)c1. The Morgan fingerprint density at radius 3 is 2.51 bits per heavy atom. The number of pyridine rings is 1. The van der Waals surface area contributed by atoms with Gasteiger partial charge in [-0.05, 0) is 48.9 Å². The molecule has 0 bridgehead atoms. The van der Waals surface area contributed by atoms with E-state index in [2.05, 4.69) is 4.98 Å². The predicted octanol–water partition coefficient (Wildman–Crippen LogP) is 5.57. The number of benzene rings is 3. The average molecular weight is 557 g/mol. The molecule has 0 amide bonds. The molecule has 1 aliphatic heterocycles. The summed E-state index contributed by atoms with van der Waals surface area (Å²) in [5.74, 6) is -1.92. The summed E-state index contributed by atoms with van der Waals surface area (Å²) in [5.41, 5.74) is 0.855. The highest BCUT2D eigenvalue weighted by atomic mass is 19.1. The molecule has 7 nitrogen and oxygen atoms in total. The summed E-state index contributed by atoms with van der Waals surface area (Å²) in [6.07, 6.45) is 0.811. The fourth-order valence-electron chi connectivity index (χ4n) is 4.83. The van der Waals surface area contributed by atoms with Crippen LogP contribution in [0.15, 0.2) is 77.6 Å². The number of hydrogen-bond donors (Lipinski definition) is 0. The summed E-state index contributed by atoms with van der Waals surface area (Å²) in [6, 6.07) is 19.7. The number of ether oxygens (including phenoxy) is 2. The molecule has 1 saturated heterocycles. The standard InChI is InChI=1S/C31H23F3N4O3/c32-25-12-19(15-35)8-9-20(25)18-41-30-7-3-5-28(36-30)24-14-26(33)21(13-27(24)34)16-38-31(39)23-4-1-2-6-29(23)37(38)17-22-10-11-40-22/h1-9,12-14,22H,10-11,16-18H2/t22-/m1/s1. The maximum atomic E-state index is 15.4. The summed E-state index contributed by atoms with van der Waals surface area (Å²) in [5, 5.41) is 9.39. The molecule has 1 fully saturated rings. The average Bonchev–Trinajstić information content (AvgIpc) is 3.22. The Morgan fingerprint density at radius 1 is 0.951 bits per heavy atom. The minimum absolute atomic E-state index is 0.00984. The van der Waals surface area contributed by atoms with Gasteiger partial charge in [0.1, 0.15) is 24.1 Å². The first-order valence-corrected chi connectivity index (χ1v) is 13.0. The molecule has 10 heteroatoms. The molecule has 0 saturated carbocycles. The number of hydrogen-bond acceptors (Lipinski definition) is 5. The van der Waals surface area contributed by atoms with Crippen LogP contribution in [0.25, 0.3) is 22.2 Å². The van der Waals surface area contributed by atoms with Gasteiger partial charge in [-0.15, -0.1) is 0 Å². The fraction of sp³-hybridized carbons (Fsp3) is 0.194. The number of nitrogens with zero attached hydrogens (tertiary/aromatic N) is 4. The van der Waals surface area contributed by atoms with Gasteiger partial charge in [-0.2, -0.15) is 5.26 Å². The molecule has 6 rings (SSSR count). The van der Waals surface area contributed by atoms with Crippen molar-refractivity contribution in [2.75, 3.05) is 6.61 Å². The van der Waals surface area contributed by atoms with Crippen molar-refractivity contribution in [1.82, 2.24) is 14.3 Å². The number of halogens is 3. The van der Waals surface area contributed by atoms with Gasteiger partial charge in [0, 0.05) is 29.4 Å². The Kier molecular flexibility index (Phi) is 7.03. The lowest BCUT2D eigenvalue weighted by Gasteiger charge is -2.28. The molecule has 0 unspecified atom stereocenters. The lowest BCUT2D eigenvalue weighted by molar-refractivity contribution is -0.0618. The number of nitriles is 1. The molecule has 41 heavy (non-hydrogen) atoms. The molecule has 0 N–H and O–H groups in total. The van der Waals surface area contributed by atoms with E-state index in [-0.39, 0.29) is 58.6 Å². The second kappa shape index (κ2) is 10.9. The molecular formula is C31H23F3N4O3. The monoisotopic (exact) mass is 556 g/mol. The van der Waals surface area contributed by atoms with Crippen LogP contribution in [0.2, 0.25) is 0 Å². The Hall–Kier alpha value is -4.88. The van der Waals surface area contributed by atoms with Crippen molar-refractivity contribution in [2.45, 2.75) is 32.2 Å². The molecule has 1 atom stereocenters. The molecule has 5 aromatic rings. The van der Waals surface area contributed by atoms with Gasteiger partial charge in [0.05, 0.1) is 47.4 Å². The lowest BCUT2D eigenvalue weighted by atomic mass is 10.1. The molecule has 0 spiro atoms. The van der Waals surface area contributed by atoms with Gasteiger partial charge in [-0.1, -0.05) is 24.3 Å². The van der Waals surface area contributed by atoms with Gasteiger partial charge in [0.15, 0.2) is 0 Å². The summed E-state index contributed by atoms with van der Waals surface area (Å²) >= 11 is 0. The van der Waals surface area contributed by atoms with Gasteiger partial charge in [0.2, 0.25) is 5.88 Å². The summed E-state index contributed by atoms with van der Waals surface area (Å²) < 4.78 is 59.3. The maximum Gasteiger partial charge on any atom is 0.274 e. The van der Waals surface area contributed by atoms with Crippen molar-refractivity contribution >= 4 is 10.9 Å². The molecule has 3 heterocycles. The van der Waals surface area contributed by atoms with Crippen molar-refractivity contribution in [3.63, 3.8) is 0 Å². The number of rotatable bonds is 8. The van der Waals surface area contributed by atoms with Crippen LogP contribution >= 0.6 is 0 Å². The van der Waals surface area contributed by atoms with Gasteiger partial charge >= 0.3 is 0 Å². The first-order chi connectivity index (χ1) is 19.9. The van der Waals surface area contributed by atoms with Crippen LogP contribution in [0.5, 0.6) is 5.88 Å². The van der Waals surface area contributed by atoms with E-state index in [0.717, 1.165) is 24.6 Å². The summed E-state index contributed by atoms with van der Waals surface area (Å²) in [4.78, 5) is 17.5. The third kappa shape index (κ3) is 5.19. The zero-order chi connectivity index (χ0) is 28.5. The third-order valence-electron chi connectivity index (χ3n) is 7.12. The van der Waals surface area contributed by atoms with E-state index in [0.29, 0.717) is 24.1 Å². The van der Waals surface area contributed by atoms with E-state index in [1.54, 1.807) is 22.9 Å². The van der Waals surface area contributed by atoms with Crippen molar-refractivity contribution < 1.29 is 22.6 Å². The third-order valence-corrected chi connectivity index (χ3v) is 7.12. The van der Waals surface area contributed by atoms with E-state index < -0.39 is 17.5 Å². The van der Waals surface area contributed by atoms with Gasteiger partial charge in [-0.25, -0.2) is 22.8 Å². The maximum absolute atomic E-state index is 15.4. The number of para-hydroxylation sites is 1. The van der Waals surface area contributed by atoms with Crippen LogP contribution in [0.3, 0.4) is 0 Å². The first-order valence-electron chi connectivity index (χ1n) is 13.0. The molecule has 0 aliphatic carbocycles. The van der Waals surface area contributed by atoms with Crippen LogP contribution in [-0.4, -0.2) is 27.1 Å². The molecule has 2 aromatic heterocycles.